The van der Waals surface area contributed by atoms with Gasteiger partial charge >= 0.3 is 0 Å². The van der Waals surface area contributed by atoms with Gasteiger partial charge in [0.2, 0.25) is 0 Å². The van der Waals surface area contributed by atoms with E-state index in [2.05, 4.69) is 22.9 Å². The SMILES string of the molecule is CC1C[C@H]2[C@@H]3CCC4=CC(=O)C=C[C@]4(C)[C@@]3(Br)C(O)C[C@]2(C)[C@@]1(O)C(=O)CCl. The number of fused-ring (bicyclic) bond motifs is 5. The van der Waals surface area contributed by atoms with E-state index in [1.165, 1.54) is 0 Å². The van der Waals surface area contributed by atoms with E-state index in [0.29, 0.717) is 6.42 Å². The Morgan fingerprint density at radius 3 is 2.68 bits per heavy atom. The van der Waals surface area contributed by atoms with E-state index in [9.17, 15) is 19.8 Å². The van der Waals surface area contributed by atoms with Crippen LogP contribution in [0.5, 0.6) is 0 Å². The zero-order valence-corrected chi connectivity index (χ0v) is 18.9. The van der Waals surface area contributed by atoms with E-state index in [1.54, 1.807) is 12.2 Å². The zero-order valence-electron chi connectivity index (χ0n) is 16.5. The molecule has 0 saturated heterocycles. The molecule has 3 fully saturated rings. The molecule has 0 radical (unpaired) electrons. The number of halogens is 2. The Balaban J connectivity index is 1.84. The van der Waals surface area contributed by atoms with Crippen LogP contribution in [0, 0.1) is 28.6 Å². The van der Waals surface area contributed by atoms with E-state index in [-0.39, 0.29) is 35.2 Å². The Morgan fingerprint density at radius 1 is 1.36 bits per heavy atom. The minimum atomic E-state index is -1.52. The van der Waals surface area contributed by atoms with Crippen molar-refractivity contribution in [3.63, 3.8) is 0 Å². The summed E-state index contributed by atoms with van der Waals surface area (Å²) < 4.78 is -0.638. The van der Waals surface area contributed by atoms with E-state index in [0.717, 1.165) is 24.8 Å². The second-order valence-corrected chi connectivity index (χ2v) is 11.3. The van der Waals surface area contributed by atoms with Crippen molar-refractivity contribution in [3.05, 3.63) is 23.8 Å². The Kier molecular flexibility index (Phi) is 4.64. The minimum Gasteiger partial charge on any atom is -0.392 e. The van der Waals surface area contributed by atoms with Crippen molar-refractivity contribution in [2.75, 3.05) is 5.88 Å². The van der Waals surface area contributed by atoms with Crippen molar-refractivity contribution >= 4 is 39.1 Å². The summed E-state index contributed by atoms with van der Waals surface area (Å²) >= 11 is 9.86. The fourth-order valence-electron chi connectivity index (χ4n) is 7.24. The molecule has 0 aromatic carbocycles. The van der Waals surface area contributed by atoms with Gasteiger partial charge in [-0.05, 0) is 55.6 Å². The molecule has 2 N–H and O–H groups in total. The average Bonchev–Trinajstić information content (AvgIpc) is 2.84. The highest BCUT2D eigenvalue weighted by Crippen LogP contribution is 2.71. The molecule has 0 amide bonds. The first kappa shape index (κ1) is 20.8. The first-order chi connectivity index (χ1) is 13.0. The predicted molar refractivity (Wildman–Crippen MR) is 111 cm³/mol. The van der Waals surface area contributed by atoms with Crippen LogP contribution >= 0.6 is 27.5 Å². The number of carbonyl (C=O) groups excluding carboxylic acids is 2. The average molecular weight is 472 g/mol. The Hall–Kier alpha value is -0.490. The Bertz CT molecular complexity index is 808. The molecule has 0 heterocycles. The first-order valence-electron chi connectivity index (χ1n) is 10.1. The van der Waals surface area contributed by atoms with E-state index in [1.807, 2.05) is 19.9 Å². The lowest BCUT2D eigenvalue weighted by molar-refractivity contribution is -0.173. The van der Waals surface area contributed by atoms with Crippen LogP contribution < -0.4 is 0 Å². The normalized spacial score (nSPS) is 52.5. The van der Waals surface area contributed by atoms with Gasteiger partial charge in [0.1, 0.15) is 5.60 Å². The lowest BCUT2D eigenvalue weighted by Gasteiger charge is -2.64. The maximum atomic E-state index is 12.7. The van der Waals surface area contributed by atoms with Crippen LogP contribution in [-0.4, -0.2) is 43.7 Å². The molecule has 0 bridgehead atoms. The molecule has 6 heteroatoms. The molecule has 0 spiro atoms. The smallest absolute Gasteiger partial charge is 0.179 e. The summed E-state index contributed by atoms with van der Waals surface area (Å²) in [6.07, 6.45) is 7.09. The Labute approximate surface area is 179 Å². The van der Waals surface area contributed by atoms with Gasteiger partial charge in [0.25, 0.3) is 0 Å². The van der Waals surface area contributed by atoms with Crippen molar-refractivity contribution in [2.24, 2.45) is 28.6 Å². The largest absolute Gasteiger partial charge is 0.392 e. The van der Waals surface area contributed by atoms with Crippen LogP contribution in [0.4, 0.5) is 0 Å². The summed E-state index contributed by atoms with van der Waals surface area (Å²) in [6, 6.07) is 0. The molecule has 2 unspecified atom stereocenters. The molecule has 0 aromatic heterocycles. The van der Waals surface area contributed by atoms with Crippen LogP contribution in [0.25, 0.3) is 0 Å². The van der Waals surface area contributed by atoms with E-state index in [4.69, 9.17) is 11.6 Å². The highest BCUT2D eigenvalue weighted by Gasteiger charge is 2.74. The van der Waals surface area contributed by atoms with Crippen LogP contribution in [0.2, 0.25) is 0 Å². The molecule has 8 atom stereocenters. The van der Waals surface area contributed by atoms with Crippen molar-refractivity contribution in [1.29, 1.82) is 0 Å². The third-order valence-corrected chi connectivity index (χ3v) is 11.0. The van der Waals surface area contributed by atoms with Gasteiger partial charge < -0.3 is 10.2 Å². The van der Waals surface area contributed by atoms with Crippen molar-refractivity contribution in [1.82, 2.24) is 0 Å². The summed E-state index contributed by atoms with van der Waals surface area (Å²) in [5.41, 5.74) is -1.69. The number of aliphatic hydroxyl groups excluding tert-OH is 1. The number of allylic oxidation sites excluding steroid dienone is 4. The van der Waals surface area contributed by atoms with Gasteiger partial charge in [-0.1, -0.05) is 48.4 Å². The molecular weight excluding hydrogens is 444 g/mol. The zero-order chi connectivity index (χ0) is 20.7. The van der Waals surface area contributed by atoms with Crippen LogP contribution in [0.15, 0.2) is 23.8 Å². The number of hydrogen-bond donors (Lipinski definition) is 2. The summed E-state index contributed by atoms with van der Waals surface area (Å²) in [5.74, 6) is -0.643. The fraction of sp³-hybridized carbons (Fsp3) is 0.727. The van der Waals surface area contributed by atoms with Crippen molar-refractivity contribution in [2.45, 2.75) is 62.5 Å². The highest BCUT2D eigenvalue weighted by atomic mass is 79.9. The number of rotatable bonds is 2. The number of aliphatic hydroxyl groups is 2. The second kappa shape index (κ2) is 6.26. The minimum absolute atomic E-state index is 0.00580. The molecule has 4 rings (SSSR count). The summed E-state index contributed by atoms with van der Waals surface area (Å²) in [7, 11) is 0. The van der Waals surface area contributed by atoms with Gasteiger partial charge in [-0.15, -0.1) is 11.6 Å². The molecule has 4 nitrogen and oxygen atoms in total. The maximum absolute atomic E-state index is 12.7. The summed E-state index contributed by atoms with van der Waals surface area (Å²) in [5, 5.41) is 23.0. The third kappa shape index (κ3) is 2.20. The monoisotopic (exact) mass is 470 g/mol. The number of Topliss-reactive ketones (excluding diaryl/α,β-unsaturated/α-hetero) is 1. The van der Waals surface area contributed by atoms with Crippen molar-refractivity contribution < 1.29 is 19.8 Å². The van der Waals surface area contributed by atoms with Gasteiger partial charge in [0.05, 0.1) is 16.3 Å². The molecule has 28 heavy (non-hydrogen) atoms. The van der Waals surface area contributed by atoms with Gasteiger partial charge in [-0.2, -0.15) is 0 Å². The highest BCUT2D eigenvalue weighted by molar-refractivity contribution is 9.10. The van der Waals surface area contributed by atoms with E-state index < -0.39 is 26.9 Å². The van der Waals surface area contributed by atoms with Gasteiger partial charge in [-0.3, -0.25) is 9.59 Å². The van der Waals surface area contributed by atoms with Crippen LogP contribution in [0.1, 0.15) is 46.5 Å². The van der Waals surface area contributed by atoms with Crippen LogP contribution in [-0.2, 0) is 9.59 Å². The fourth-order valence-corrected chi connectivity index (χ4v) is 8.54. The molecule has 3 saturated carbocycles. The summed E-state index contributed by atoms with van der Waals surface area (Å²) in [4.78, 5) is 24.7. The first-order valence-corrected chi connectivity index (χ1v) is 11.4. The lowest BCUT2D eigenvalue weighted by atomic mass is 9.46. The predicted octanol–water partition coefficient (Wildman–Crippen LogP) is 3.57. The number of alkyl halides is 2. The topological polar surface area (TPSA) is 74.6 Å². The van der Waals surface area contributed by atoms with Crippen molar-refractivity contribution in [3.8, 4) is 0 Å². The molecule has 4 aliphatic carbocycles. The van der Waals surface area contributed by atoms with E-state index >= 15 is 0 Å². The van der Waals surface area contributed by atoms with Gasteiger partial charge in [0.15, 0.2) is 11.6 Å². The second-order valence-electron chi connectivity index (χ2n) is 9.72. The number of carbonyl (C=O) groups is 2. The van der Waals surface area contributed by atoms with Crippen LogP contribution in [0.3, 0.4) is 0 Å². The van der Waals surface area contributed by atoms with Gasteiger partial charge in [-0.25, -0.2) is 0 Å². The third-order valence-electron chi connectivity index (χ3n) is 8.77. The standard InChI is InChI=1S/C22H28BrClO4/c1-12-8-16-15-5-4-13-9-14(25)6-7-19(13,2)21(15,23)17(26)10-20(16,3)22(12,28)18(27)11-24/h6-7,9,12,15-17,26,28H,4-5,8,10-11H2,1-3H3/t12?,15-,16-,17?,19-,20-,21-,22-/m0/s1. The maximum Gasteiger partial charge on any atom is 0.179 e. The Morgan fingerprint density at radius 2 is 2.04 bits per heavy atom. The number of hydrogen-bond acceptors (Lipinski definition) is 4. The lowest BCUT2D eigenvalue weighted by Crippen LogP contribution is -2.68. The van der Waals surface area contributed by atoms with Gasteiger partial charge in [0, 0.05) is 10.8 Å². The quantitative estimate of drug-likeness (QED) is 0.604. The molecule has 0 aromatic rings. The number of ketones is 2. The molecule has 4 aliphatic rings. The molecule has 0 aliphatic heterocycles. The molecular formula is C22H28BrClO4. The summed E-state index contributed by atoms with van der Waals surface area (Å²) in [6.45, 7) is 5.96. The molecule has 154 valence electrons.